The summed E-state index contributed by atoms with van der Waals surface area (Å²) in [6.07, 6.45) is -2.92. The van der Waals surface area contributed by atoms with Gasteiger partial charge in [0, 0.05) is 13.1 Å². The van der Waals surface area contributed by atoms with E-state index in [2.05, 4.69) is 0 Å². The second kappa shape index (κ2) is 5.49. The van der Waals surface area contributed by atoms with Crippen LogP contribution in [0.15, 0.2) is 0 Å². The minimum Gasteiger partial charge on any atom is -0.481 e. The zero-order chi connectivity index (χ0) is 14.9. The molecule has 20 heavy (non-hydrogen) atoms. The number of rotatable bonds is 3. The van der Waals surface area contributed by atoms with Crippen LogP contribution in [-0.2, 0) is 4.79 Å². The number of carboxylic acid groups (broad SMARTS) is 1. The molecule has 8 heteroatoms. The second-order valence-electron chi connectivity index (χ2n) is 5.41. The van der Waals surface area contributed by atoms with E-state index in [4.69, 9.17) is 5.11 Å². The molecule has 1 unspecified atom stereocenters. The maximum Gasteiger partial charge on any atom is 0.408 e. The monoisotopic (exact) mass is 294 g/mol. The van der Waals surface area contributed by atoms with Crippen molar-refractivity contribution in [2.45, 2.75) is 37.9 Å². The molecule has 1 saturated carbocycles. The predicted molar refractivity (Wildman–Crippen MR) is 63.0 cm³/mol. The van der Waals surface area contributed by atoms with Crippen molar-refractivity contribution in [3.63, 3.8) is 0 Å². The number of nitrogens with zero attached hydrogens (tertiary/aromatic N) is 1. The molecule has 0 aromatic rings. The van der Waals surface area contributed by atoms with Crippen molar-refractivity contribution in [3.8, 4) is 0 Å². The van der Waals surface area contributed by atoms with E-state index in [0.29, 0.717) is 12.8 Å². The van der Waals surface area contributed by atoms with E-state index in [-0.39, 0.29) is 25.9 Å². The number of likely N-dealkylation sites (tertiary alicyclic amines) is 1. The van der Waals surface area contributed by atoms with Gasteiger partial charge in [-0.25, -0.2) is 4.79 Å². The Balaban J connectivity index is 1.87. The Morgan fingerprint density at radius 1 is 1.15 bits per heavy atom. The number of halogens is 3. The van der Waals surface area contributed by atoms with Crippen LogP contribution in [0.2, 0.25) is 0 Å². The van der Waals surface area contributed by atoms with Gasteiger partial charge in [0.05, 0.1) is 5.92 Å². The summed E-state index contributed by atoms with van der Waals surface area (Å²) in [7, 11) is 0. The summed E-state index contributed by atoms with van der Waals surface area (Å²) in [4.78, 5) is 23.9. The van der Waals surface area contributed by atoms with Crippen molar-refractivity contribution in [1.29, 1.82) is 0 Å². The van der Waals surface area contributed by atoms with Gasteiger partial charge in [-0.05, 0) is 31.6 Å². The first kappa shape index (κ1) is 14.9. The fraction of sp³-hybridized carbons (Fsp3) is 0.833. The third kappa shape index (κ3) is 3.55. The van der Waals surface area contributed by atoms with E-state index in [0.717, 1.165) is 0 Å². The maximum atomic E-state index is 12.8. The van der Waals surface area contributed by atoms with Gasteiger partial charge in [-0.15, -0.1) is 0 Å². The Morgan fingerprint density at radius 3 is 2.10 bits per heavy atom. The number of carbonyl (C=O) groups excluding carboxylic acids is 1. The number of amides is 2. The minimum absolute atomic E-state index is 0.179. The number of piperidine rings is 1. The van der Waals surface area contributed by atoms with Crippen LogP contribution in [0.4, 0.5) is 18.0 Å². The first-order valence-electron chi connectivity index (χ1n) is 6.64. The van der Waals surface area contributed by atoms with Crippen LogP contribution >= 0.6 is 0 Å². The third-order valence-corrected chi connectivity index (χ3v) is 3.86. The van der Waals surface area contributed by atoms with Crippen LogP contribution in [0.1, 0.15) is 25.7 Å². The highest BCUT2D eigenvalue weighted by atomic mass is 19.4. The summed E-state index contributed by atoms with van der Waals surface area (Å²) in [5, 5.41) is 10.9. The molecule has 1 aliphatic heterocycles. The summed E-state index contributed by atoms with van der Waals surface area (Å²) in [5.74, 6) is -1.95. The normalized spacial score (nSPS) is 22.4. The molecule has 114 valence electrons. The molecule has 1 saturated heterocycles. The lowest BCUT2D eigenvalue weighted by Gasteiger charge is -2.32. The molecular formula is C12H17F3N2O3. The molecule has 2 fully saturated rings. The number of urea groups is 1. The number of hydrogen-bond donors (Lipinski definition) is 2. The fourth-order valence-electron chi connectivity index (χ4n) is 2.45. The van der Waals surface area contributed by atoms with Crippen LogP contribution < -0.4 is 5.32 Å². The van der Waals surface area contributed by atoms with Gasteiger partial charge in [0.2, 0.25) is 0 Å². The topological polar surface area (TPSA) is 69.6 Å². The van der Waals surface area contributed by atoms with Gasteiger partial charge in [0.25, 0.3) is 0 Å². The van der Waals surface area contributed by atoms with E-state index >= 15 is 0 Å². The van der Waals surface area contributed by atoms with Gasteiger partial charge in [-0.1, -0.05) is 0 Å². The van der Waals surface area contributed by atoms with Crippen LogP contribution in [0.25, 0.3) is 0 Å². The summed E-state index contributed by atoms with van der Waals surface area (Å²) in [6, 6.07) is -2.53. The average molecular weight is 294 g/mol. The van der Waals surface area contributed by atoms with Gasteiger partial charge >= 0.3 is 18.2 Å². The summed E-state index contributed by atoms with van der Waals surface area (Å²) >= 11 is 0. The molecule has 0 aromatic carbocycles. The summed E-state index contributed by atoms with van der Waals surface area (Å²) in [6.45, 7) is 0.357. The van der Waals surface area contributed by atoms with Crippen molar-refractivity contribution in [2.24, 2.45) is 11.8 Å². The molecule has 5 nitrogen and oxygen atoms in total. The molecule has 0 aromatic heterocycles. The van der Waals surface area contributed by atoms with Crippen LogP contribution in [0.3, 0.4) is 0 Å². The Labute approximate surface area is 114 Å². The van der Waals surface area contributed by atoms with E-state index in [1.54, 1.807) is 0 Å². The number of alkyl halides is 3. The molecule has 0 radical (unpaired) electrons. The van der Waals surface area contributed by atoms with Crippen molar-refractivity contribution >= 4 is 12.0 Å². The Morgan fingerprint density at radius 2 is 1.70 bits per heavy atom. The van der Waals surface area contributed by atoms with Gasteiger partial charge in [0.1, 0.15) is 6.04 Å². The highest BCUT2D eigenvalue weighted by Gasteiger charge is 2.50. The van der Waals surface area contributed by atoms with Gasteiger partial charge in [-0.2, -0.15) is 13.2 Å². The molecule has 0 bridgehead atoms. The molecule has 2 amide bonds. The molecule has 2 aliphatic rings. The lowest BCUT2D eigenvalue weighted by molar-refractivity contribution is -0.158. The Bertz CT molecular complexity index is 388. The lowest BCUT2D eigenvalue weighted by atomic mass is 9.97. The molecule has 2 rings (SSSR count). The maximum absolute atomic E-state index is 12.8. The molecule has 1 atom stereocenters. The second-order valence-corrected chi connectivity index (χ2v) is 5.41. The molecular weight excluding hydrogens is 277 g/mol. The average Bonchev–Trinajstić information content (AvgIpc) is 3.18. The number of carboxylic acids is 1. The highest BCUT2D eigenvalue weighted by molar-refractivity contribution is 5.75. The van der Waals surface area contributed by atoms with E-state index in [1.807, 2.05) is 5.32 Å². The fourth-order valence-corrected chi connectivity index (χ4v) is 2.45. The van der Waals surface area contributed by atoms with Crippen molar-refractivity contribution in [2.75, 3.05) is 13.1 Å². The summed E-state index contributed by atoms with van der Waals surface area (Å²) < 4.78 is 38.4. The highest BCUT2D eigenvalue weighted by Crippen LogP contribution is 2.40. The van der Waals surface area contributed by atoms with Gasteiger partial charge in [0.15, 0.2) is 0 Å². The number of hydrogen-bond acceptors (Lipinski definition) is 2. The van der Waals surface area contributed by atoms with Crippen molar-refractivity contribution < 1.29 is 27.9 Å². The van der Waals surface area contributed by atoms with Gasteiger partial charge < -0.3 is 15.3 Å². The summed E-state index contributed by atoms with van der Waals surface area (Å²) in [5.41, 5.74) is 0. The zero-order valence-electron chi connectivity index (χ0n) is 10.8. The number of aliphatic carboxylic acids is 1. The first-order chi connectivity index (χ1) is 9.29. The molecule has 1 aliphatic carbocycles. The number of nitrogens with one attached hydrogen (secondary N) is 1. The minimum atomic E-state index is -4.43. The molecule has 1 heterocycles. The van der Waals surface area contributed by atoms with E-state index in [9.17, 15) is 22.8 Å². The molecule has 0 spiro atoms. The lowest BCUT2D eigenvalue weighted by Crippen LogP contribution is -2.53. The quantitative estimate of drug-likeness (QED) is 0.834. The van der Waals surface area contributed by atoms with Crippen LogP contribution in [0.5, 0.6) is 0 Å². The molecule has 2 N–H and O–H groups in total. The van der Waals surface area contributed by atoms with Crippen LogP contribution in [0, 0.1) is 11.8 Å². The zero-order valence-corrected chi connectivity index (χ0v) is 10.8. The predicted octanol–water partition coefficient (Wildman–Crippen LogP) is 1.83. The largest absolute Gasteiger partial charge is 0.481 e. The standard InChI is InChI=1S/C12H17F3N2O3/c13-12(14,15)9(7-1-2-7)16-11(20)17-5-3-8(4-6-17)10(18)19/h7-9H,1-6H2,(H,16,20)(H,18,19). The van der Waals surface area contributed by atoms with E-state index < -0.39 is 36.1 Å². The Hall–Kier alpha value is -1.47. The van der Waals surface area contributed by atoms with Crippen LogP contribution in [-0.4, -0.2) is 47.3 Å². The Kier molecular flexibility index (Phi) is 4.10. The van der Waals surface area contributed by atoms with Gasteiger partial charge in [-0.3, -0.25) is 4.79 Å². The number of carbonyl (C=O) groups is 2. The first-order valence-corrected chi connectivity index (χ1v) is 6.64. The van der Waals surface area contributed by atoms with Crippen molar-refractivity contribution in [3.05, 3.63) is 0 Å². The van der Waals surface area contributed by atoms with E-state index in [1.165, 1.54) is 4.90 Å². The van der Waals surface area contributed by atoms with Crippen molar-refractivity contribution in [1.82, 2.24) is 10.2 Å². The third-order valence-electron chi connectivity index (χ3n) is 3.86. The smallest absolute Gasteiger partial charge is 0.408 e. The SMILES string of the molecule is O=C(O)C1CCN(C(=O)NC(C2CC2)C(F)(F)F)CC1.